The van der Waals surface area contributed by atoms with E-state index in [9.17, 15) is 0 Å². The van der Waals surface area contributed by atoms with E-state index in [1.807, 2.05) is 30.3 Å². The largest absolute Gasteiger partial charge is 0.370 e. The molecule has 22 heavy (non-hydrogen) atoms. The summed E-state index contributed by atoms with van der Waals surface area (Å²) in [6.07, 6.45) is 1.14. The second kappa shape index (κ2) is 11.7. The Morgan fingerprint density at radius 3 is 2.27 bits per heavy atom. The van der Waals surface area contributed by atoms with Gasteiger partial charge in [-0.3, -0.25) is 9.89 Å². The molecule has 1 aromatic carbocycles. The number of halogens is 1. The number of para-hydroxylation sites is 1. The van der Waals surface area contributed by atoms with Gasteiger partial charge in [-0.1, -0.05) is 45.9 Å². The summed E-state index contributed by atoms with van der Waals surface area (Å²) in [4.78, 5) is 6.99. The zero-order valence-corrected chi connectivity index (χ0v) is 16.6. The summed E-state index contributed by atoms with van der Waals surface area (Å²) in [6, 6.07) is 10.4. The van der Waals surface area contributed by atoms with Crippen molar-refractivity contribution < 1.29 is 0 Å². The molecule has 1 aromatic rings. The van der Waals surface area contributed by atoms with Gasteiger partial charge in [0.05, 0.1) is 6.54 Å². The Morgan fingerprint density at radius 2 is 1.77 bits per heavy atom. The molecule has 0 fully saturated rings. The summed E-state index contributed by atoms with van der Waals surface area (Å²) >= 11 is 0. The van der Waals surface area contributed by atoms with Crippen LogP contribution in [0.3, 0.4) is 0 Å². The fraction of sp³-hybridized carbons (Fsp3) is 0.588. The Balaban J connectivity index is 0.00000441. The molecule has 0 aliphatic heterocycles. The molecule has 4 nitrogen and oxygen atoms in total. The van der Waals surface area contributed by atoms with Gasteiger partial charge < -0.3 is 11.1 Å². The monoisotopic (exact) mass is 418 g/mol. The zero-order valence-electron chi connectivity index (χ0n) is 14.2. The lowest BCUT2D eigenvalue weighted by atomic mass is 10.0. The number of nitrogens with zero attached hydrogens (tertiary/aromatic N) is 2. The Morgan fingerprint density at radius 1 is 1.18 bits per heavy atom. The van der Waals surface area contributed by atoms with Crippen LogP contribution in [0.25, 0.3) is 0 Å². The van der Waals surface area contributed by atoms with Crippen LogP contribution in [0.4, 0.5) is 5.69 Å². The van der Waals surface area contributed by atoms with Gasteiger partial charge in [-0.05, 0) is 37.6 Å². The van der Waals surface area contributed by atoms with Crippen molar-refractivity contribution in [2.24, 2.45) is 16.6 Å². The SMILES string of the molecule is CCN(CC)C(CN=C(N)Nc1ccccc1)CC(C)C.I. The van der Waals surface area contributed by atoms with Crippen LogP contribution in [-0.2, 0) is 0 Å². The Labute approximate surface area is 152 Å². The Kier molecular flexibility index (Phi) is 11.3. The summed E-state index contributed by atoms with van der Waals surface area (Å²) in [5.41, 5.74) is 6.96. The number of likely N-dealkylation sites (N-methyl/N-ethyl adjacent to an activating group) is 1. The second-order valence-electron chi connectivity index (χ2n) is 5.72. The molecular formula is C17H31IN4. The number of rotatable bonds is 8. The fourth-order valence-electron chi connectivity index (χ4n) is 2.54. The maximum Gasteiger partial charge on any atom is 0.193 e. The molecule has 0 saturated heterocycles. The van der Waals surface area contributed by atoms with Gasteiger partial charge in [0.25, 0.3) is 0 Å². The summed E-state index contributed by atoms with van der Waals surface area (Å²) in [6.45, 7) is 11.8. The number of benzene rings is 1. The lowest BCUT2D eigenvalue weighted by Crippen LogP contribution is -2.39. The molecule has 1 rings (SSSR count). The molecule has 0 aromatic heterocycles. The van der Waals surface area contributed by atoms with Gasteiger partial charge in [0.15, 0.2) is 5.96 Å². The molecule has 0 amide bonds. The van der Waals surface area contributed by atoms with E-state index >= 15 is 0 Å². The quantitative estimate of drug-likeness (QED) is 0.384. The average Bonchev–Trinajstić information content (AvgIpc) is 2.46. The molecule has 1 atom stereocenters. The smallest absolute Gasteiger partial charge is 0.193 e. The highest BCUT2D eigenvalue weighted by atomic mass is 127. The van der Waals surface area contributed by atoms with Crippen LogP contribution in [-0.4, -0.2) is 36.5 Å². The van der Waals surface area contributed by atoms with E-state index < -0.39 is 0 Å². The highest BCUT2D eigenvalue weighted by Crippen LogP contribution is 2.12. The van der Waals surface area contributed by atoms with Crippen LogP contribution >= 0.6 is 24.0 Å². The minimum Gasteiger partial charge on any atom is -0.370 e. The standard InChI is InChI=1S/C17H30N4.HI/c1-5-21(6-2)16(12-14(3)4)13-19-17(18)20-15-10-8-7-9-11-15;/h7-11,14,16H,5-6,12-13H2,1-4H3,(H3,18,19,20);1H. The summed E-state index contributed by atoms with van der Waals surface area (Å²) in [5, 5.41) is 3.13. The summed E-state index contributed by atoms with van der Waals surface area (Å²) < 4.78 is 0. The topological polar surface area (TPSA) is 53.6 Å². The maximum atomic E-state index is 5.99. The van der Waals surface area contributed by atoms with Gasteiger partial charge >= 0.3 is 0 Å². The molecule has 0 aliphatic carbocycles. The predicted molar refractivity (Wildman–Crippen MR) is 108 cm³/mol. The van der Waals surface area contributed by atoms with Crippen molar-refractivity contribution in [3.63, 3.8) is 0 Å². The van der Waals surface area contributed by atoms with E-state index in [1.54, 1.807) is 0 Å². The van der Waals surface area contributed by atoms with Crippen molar-refractivity contribution >= 4 is 35.6 Å². The highest BCUT2D eigenvalue weighted by Gasteiger charge is 2.16. The van der Waals surface area contributed by atoms with Gasteiger partial charge in [-0.15, -0.1) is 24.0 Å². The number of aliphatic imine (C=N–C) groups is 1. The van der Waals surface area contributed by atoms with Gasteiger partial charge in [-0.2, -0.15) is 0 Å². The molecule has 1 unspecified atom stereocenters. The molecule has 0 heterocycles. The van der Waals surface area contributed by atoms with E-state index in [0.29, 0.717) is 17.9 Å². The number of nitrogens with one attached hydrogen (secondary N) is 1. The van der Waals surface area contributed by atoms with Gasteiger partial charge in [-0.25, -0.2) is 0 Å². The first-order valence-corrected chi connectivity index (χ1v) is 7.92. The molecule has 0 saturated carbocycles. The molecule has 0 radical (unpaired) electrons. The maximum absolute atomic E-state index is 5.99. The lowest BCUT2D eigenvalue weighted by Gasteiger charge is -2.29. The third-order valence-electron chi connectivity index (χ3n) is 3.59. The zero-order chi connectivity index (χ0) is 15.7. The van der Waals surface area contributed by atoms with Crippen molar-refractivity contribution in [2.45, 2.75) is 40.2 Å². The number of guanidine groups is 1. The average molecular weight is 418 g/mol. The fourth-order valence-corrected chi connectivity index (χ4v) is 2.54. The van der Waals surface area contributed by atoms with Gasteiger partial charge in [0.1, 0.15) is 0 Å². The normalized spacial score (nSPS) is 13.1. The predicted octanol–water partition coefficient (Wildman–Crippen LogP) is 3.79. The third kappa shape index (κ3) is 7.98. The van der Waals surface area contributed by atoms with E-state index in [1.165, 1.54) is 0 Å². The third-order valence-corrected chi connectivity index (χ3v) is 3.59. The summed E-state index contributed by atoms with van der Waals surface area (Å²) in [5.74, 6) is 1.15. The van der Waals surface area contributed by atoms with Crippen LogP contribution in [0.15, 0.2) is 35.3 Å². The van der Waals surface area contributed by atoms with Crippen LogP contribution in [0.2, 0.25) is 0 Å². The van der Waals surface area contributed by atoms with Crippen LogP contribution in [0.5, 0.6) is 0 Å². The van der Waals surface area contributed by atoms with Crippen molar-refractivity contribution in [3.05, 3.63) is 30.3 Å². The number of hydrogen-bond donors (Lipinski definition) is 2. The minimum absolute atomic E-state index is 0. The van der Waals surface area contributed by atoms with Crippen molar-refractivity contribution in [3.8, 4) is 0 Å². The Hall–Kier alpha value is -0.820. The second-order valence-corrected chi connectivity index (χ2v) is 5.72. The molecule has 5 heteroatoms. The molecule has 0 spiro atoms. The molecule has 0 aliphatic rings. The number of hydrogen-bond acceptors (Lipinski definition) is 2. The van der Waals surface area contributed by atoms with Crippen molar-refractivity contribution in [1.82, 2.24) is 4.90 Å². The van der Waals surface area contributed by atoms with E-state index in [0.717, 1.165) is 31.7 Å². The van der Waals surface area contributed by atoms with E-state index in [-0.39, 0.29) is 24.0 Å². The first-order valence-electron chi connectivity index (χ1n) is 7.92. The van der Waals surface area contributed by atoms with Crippen LogP contribution < -0.4 is 11.1 Å². The molecule has 126 valence electrons. The van der Waals surface area contributed by atoms with Crippen LogP contribution in [0, 0.1) is 5.92 Å². The summed E-state index contributed by atoms with van der Waals surface area (Å²) in [7, 11) is 0. The first-order chi connectivity index (χ1) is 10.1. The molecule has 3 N–H and O–H groups in total. The highest BCUT2D eigenvalue weighted by molar-refractivity contribution is 14.0. The number of anilines is 1. The lowest BCUT2D eigenvalue weighted by molar-refractivity contribution is 0.196. The van der Waals surface area contributed by atoms with Crippen LogP contribution in [0.1, 0.15) is 34.1 Å². The van der Waals surface area contributed by atoms with Crippen molar-refractivity contribution in [1.29, 1.82) is 0 Å². The Bertz CT molecular complexity index is 416. The minimum atomic E-state index is 0. The van der Waals surface area contributed by atoms with Gasteiger partial charge in [0.2, 0.25) is 0 Å². The van der Waals surface area contributed by atoms with Gasteiger partial charge in [0, 0.05) is 11.7 Å². The first kappa shape index (κ1) is 21.2. The number of nitrogens with two attached hydrogens (primary N) is 1. The van der Waals surface area contributed by atoms with E-state index in [2.05, 4.69) is 42.9 Å². The molecular weight excluding hydrogens is 387 g/mol. The van der Waals surface area contributed by atoms with E-state index in [4.69, 9.17) is 5.73 Å². The molecule has 0 bridgehead atoms. The van der Waals surface area contributed by atoms with Crippen molar-refractivity contribution in [2.75, 3.05) is 25.0 Å².